The van der Waals surface area contributed by atoms with Crippen molar-refractivity contribution in [2.45, 2.75) is 25.8 Å². The van der Waals surface area contributed by atoms with Gasteiger partial charge in [0.05, 0.1) is 5.69 Å². The summed E-state index contributed by atoms with van der Waals surface area (Å²) in [6.45, 7) is 2.00. The average Bonchev–Trinajstić information content (AvgIpc) is 3.03. The zero-order valence-electron chi connectivity index (χ0n) is 16.8. The Labute approximate surface area is 172 Å². The lowest BCUT2D eigenvalue weighted by molar-refractivity contribution is 0.0123. The van der Waals surface area contributed by atoms with Crippen LogP contribution < -0.4 is 10.5 Å². The number of rotatable bonds is 0. The number of hydrogen-bond donors (Lipinski definition) is 2. The zero-order chi connectivity index (χ0) is 21.6. The highest BCUT2D eigenvalue weighted by molar-refractivity contribution is 5.73. The van der Waals surface area contributed by atoms with Crippen molar-refractivity contribution in [2.24, 2.45) is 7.05 Å². The summed E-state index contributed by atoms with van der Waals surface area (Å²) in [4.78, 5) is 5.89. The van der Waals surface area contributed by atoms with Crippen molar-refractivity contribution in [3.05, 3.63) is 58.8 Å². The number of benzene rings is 1. The molecule has 0 aliphatic carbocycles. The van der Waals surface area contributed by atoms with Crippen molar-refractivity contribution in [1.29, 1.82) is 5.26 Å². The number of anilines is 1. The molecule has 1 unspecified atom stereocenters. The fourth-order valence-electron chi connectivity index (χ4n) is 3.75. The highest BCUT2D eigenvalue weighted by atomic mass is 19.1. The van der Waals surface area contributed by atoms with Crippen LogP contribution in [0.2, 0.25) is 0 Å². The summed E-state index contributed by atoms with van der Waals surface area (Å²) in [5.74, 6) is 0.0382. The van der Waals surface area contributed by atoms with E-state index in [1.54, 1.807) is 38.2 Å². The van der Waals surface area contributed by atoms with E-state index in [1.807, 2.05) is 0 Å². The Hall–Kier alpha value is -3.48. The van der Waals surface area contributed by atoms with Gasteiger partial charge in [-0.25, -0.2) is 9.37 Å². The van der Waals surface area contributed by atoms with Crippen molar-refractivity contribution in [3.8, 4) is 22.9 Å². The molecule has 1 aliphatic heterocycles. The van der Waals surface area contributed by atoms with Gasteiger partial charge in [-0.2, -0.15) is 10.4 Å². The molecule has 4 rings (SSSR count). The summed E-state index contributed by atoms with van der Waals surface area (Å²) < 4.78 is 21.5. The fraction of sp³-hybridized carbons (Fsp3) is 0.286. The number of aliphatic hydroxyl groups is 1. The molecule has 9 heteroatoms. The van der Waals surface area contributed by atoms with E-state index in [0.29, 0.717) is 39.4 Å². The Balaban J connectivity index is 1.97. The van der Waals surface area contributed by atoms with E-state index in [2.05, 4.69) is 16.2 Å². The van der Waals surface area contributed by atoms with Crippen LogP contribution in [-0.4, -0.2) is 31.8 Å². The van der Waals surface area contributed by atoms with Crippen LogP contribution in [-0.2, 0) is 13.6 Å². The number of aromatic nitrogens is 3. The predicted molar refractivity (Wildman–Crippen MR) is 107 cm³/mol. The third-order valence-corrected chi connectivity index (χ3v) is 5.28. The number of aryl methyl sites for hydroxylation is 1. The van der Waals surface area contributed by atoms with Crippen LogP contribution in [0.4, 0.5) is 10.2 Å². The molecule has 2 bridgehead atoms. The SMILES string of the molecule is C[C@H]1Oc2cc(cnc2N)-c2c(nn(C)c2C#N)CN(C)C(O)c2ccc(F)cc21. The fourth-order valence-corrected chi connectivity index (χ4v) is 3.75. The minimum absolute atomic E-state index is 0.169. The van der Waals surface area contributed by atoms with Gasteiger partial charge in [0.1, 0.15) is 29.9 Å². The van der Waals surface area contributed by atoms with Gasteiger partial charge in [0.15, 0.2) is 11.6 Å². The van der Waals surface area contributed by atoms with Crippen LogP contribution in [0.5, 0.6) is 5.75 Å². The maximum absolute atomic E-state index is 14.0. The highest BCUT2D eigenvalue weighted by Gasteiger charge is 2.27. The number of nitriles is 1. The molecule has 1 aliphatic rings. The zero-order valence-corrected chi connectivity index (χ0v) is 16.8. The van der Waals surface area contributed by atoms with E-state index in [9.17, 15) is 14.8 Å². The molecular formula is C21H21FN6O2. The lowest BCUT2D eigenvalue weighted by Gasteiger charge is -2.28. The monoisotopic (exact) mass is 408 g/mol. The van der Waals surface area contributed by atoms with E-state index in [1.165, 1.54) is 22.9 Å². The van der Waals surface area contributed by atoms with Crippen molar-refractivity contribution in [1.82, 2.24) is 19.7 Å². The summed E-state index contributed by atoms with van der Waals surface area (Å²) in [6.07, 6.45) is -0.0917. The third-order valence-electron chi connectivity index (χ3n) is 5.28. The maximum atomic E-state index is 14.0. The Morgan fingerprint density at radius 1 is 1.30 bits per heavy atom. The standard InChI is InChI=1S/C21H21FN6O2/c1-11-15-7-13(22)4-5-14(15)21(29)27(2)10-16-19(17(8-23)28(3)26-16)12-6-18(30-11)20(24)25-9-12/h4-7,9,11,21,29H,10H2,1-3H3,(H2,24,25)/t11-,21?/m1/s1. The normalized spacial score (nSPS) is 18.9. The molecule has 154 valence electrons. The minimum atomic E-state index is -1.04. The van der Waals surface area contributed by atoms with Crippen molar-refractivity contribution < 1.29 is 14.2 Å². The molecule has 0 saturated heterocycles. The maximum Gasteiger partial charge on any atom is 0.166 e. The predicted octanol–water partition coefficient (Wildman–Crippen LogP) is 2.65. The number of halogens is 1. The van der Waals surface area contributed by atoms with Crippen LogP contribution in [0, 0.1) is 17.1 Å². The second kappa shape index (κ2) is 7.40. The number of pyridine rings is 1. The summed E-state index contributed by atoms with van der Waals surface area (Å²) in [6, 6.07) is 8.06. The molecule has 3 aromatic rings. The third kappa shape index (κ3) is 3.26. The molecule has 2 atom stereocenters. The number of aliphatic hydroxyl groups excluding tert-OH is 1. The van der Waals surface area contributed by atoms with Crippen LogP contribution in [0.3, 0.4) is 0 Å². The number of nitrogens with two attached hydrogens (primary N) is 1. The topological polar surface area (TPSA) is 113 Å². The van der Waals surface area contributed by atoms with Gasteiger partial charge >= 0.3 is 0 Å². The largest absolute Gasteiger partial charge is 0.482 e. The van der Waals surface area contributed by atoms with E-state index < -0.39 is 18.1 Å². The average molecular weight is 408 g/mol. The lowest BCUT2D eigenvalue weighted by Crippen LogP contribution is -2.26. The first-order chi connectivity index (χ1) is 14.3. The van der Waals surface area contributed by atoms with E-state index >= 15 is 0 Å². The van der Waals surface area contributed by atoms with Gasteiger partial charge in [0.25, 0.3) is 0 Å². The molecule has 0 amide bonds. The van der Waals surface area contributed by atoms with Gasteiger partial charge in [-0.15, -0.1) is 0 Å². The van der Waals surface area contributed by atoms with Crippen molar-refractivity contribution in [3.63, 3.8) is 0 Å². The first-order valence-corrected chi connectivity index (χ1v) is 9.36. The Kier molecular flexibility index (Phi) is 4.89. The smallest absolute Gasteiger partial charge is 0.166 e. The molecule has 3 heterocycles. The number of nitrogens with zero attached hydrogens (tertiary/aromatic N) is 5. The first kappa shape index (κ1) is 19.8. The molecule has 8 nitrogen and oxygen atoms in total. The summed E-state index contributed by atoms with van der Waals surface area (Å²) >= 11 is 0. The molecule has 0 spiro atoms. The lowest BCUT2D eigenvalue weighted by atomic mass is 9.99. The number of fused-ring (bicyclic) bond motifs is 5. The summed E-state index contributed by atoms with van der Waals surface area (Å²) in [5.41, 5.74) is 9.19. The summed E-state index contributed by atoms with van der Waals surface area (Å²) in [7, 11) is 3.41. The first-order valence-electron chi connectivity index (χ1n) is 9.36. The number of nitrogen functional groups attached to an aromatic ring is 1. The van der Waals surface area contributed by atoms with Gasteiger partial charge in [0, 0.05) is 42.0 Å². The van der Waals surface area contributed by atoms with Crippen molar-refractivity contribution >= 4 is 5.82 Å². The second-order valence-electron chi connectivity index (χ2n) is 7.34. The highest BCUT2D eigenvalue weighted by Crippen LogP contribution is 2.37. The van der Waals surface area contributed by atoms with Crippen LogP contribution in [0.1, 0.15) is 41.8 Å². The number of ether oxygens (including phenoxy) is 1. The van der Waals surface area contributed by atoms with Gasteiger partial charge in [-0.05, 0) is 32.2 Å². The van der Waals surface area contributed by atoms with E-state index in [0.717, 1.165) is 0 Å². The van der Waals surface area contributed by atoms with Gasteiger partial charge in [-0.3, -0.25) is 9.58 Å². The van der Waals surface area contributed by atoms with Crippen molar-refractivity contribution in [2.75, 3.05) is 12.8 Å². The molecule has 30 heavy (non-hydrogen) atoms. The molecular weight excluding hydrogens is 387 g/mol. The molecule has 0 saturated carbocycles. The molecule has 3 N–H and O–H groups in total. The Morgan fingerprint density at radius 3 is 2.80 bits per heavy atom. The molecule has 1 aromatic carbocycles. The summed E-state index contributed by atoms with van der Waals surface area (Å²) in [5, 5.41) is 25.2. The van der Waals surface area contributed by atoms with Gasteiger partial charge in [-0.1, -0.05) is 6.07 Å². The molecule has 2 aromatic heterocycles. The minimum Gasteiger partial charge on any atom is -0.482 e. The van der Waals surface area contributed by atoms with Gasteiger partial charge in [0.2, 0.25) is 0 Å². The molecule has 0 fully saturated rings. The van der Waals surface area contributed by atoms with Crippen LogP contribution >= 0.6 is 0 Å². The van der Waals surface area contributed by atoms with E-state index in [4.69, 9.17) is 10.5 Å². The van der Waals surface area contributed by atoms with Crippen LogP contribution in [0.25, 0.3) is 11.1 Å². The van der Waals surface area contributed by atoms with Crippen LogP contribution in [0.15, 0.2) is 30.5 Å². The van der Waals surface area contributed by atoms with Gasteiger partial charge < -0.3 is 15.6 Å². The number of hydrogen-bond acceptors (Lipinski definition) is 7. The molecule has 0 radical (unpaired) electrons. The second-order valence-corrected chi connectivity index (χ2v) is 7.34. The quantitative estimate of drug-likeness (QED) is 0.588. The van der Waals surface area contributed by atoms with E-state index in [-0.39, 0.29) is 12.4 Å². The Morgan fingerprint density at radius 2 is 2.07 bits per heavy atom. The Bertz CT molecular complexity index is 1170.